The Morgan fingerprint density at radius 1 is 0.436 bits per heavy atom. The minimum atomic E-state index is -4.87. The zero-order valence-corrected chi connectivity index (χ0v) is 82.0. The molecule has 4 saturated carbocycles. The molecule has 4 aliphatic carbocycles. The molecule has 0 amide bonds. The van der Waals surface area contributed by atoms with Crippen molar-refractivity contribution in [3.05, 3.63) is 156 Å². The highest BCUT2D eigenvalue weighted by molar-refractivity contribution is 8.21. The maximum absolute atomic E-state index is 15.3. The van der Waals surface area contributed by atoms with Crippen LogP contribution in [0.1, 0.15) is 232 Å². The largest absolute Gasteiger partial charge is 0.394 e. The lowest BCUT2D eigenvalue weighted by Crippen LogP contribution is -2.31. The van der Waals surface area contributed by atoms with E-state index in [4.69, 9.17) is 78.2 Å². The number of carbonyl (C=O) groups is 1. The van der Waals surface area contributed by atoms with Crippen molar-refractivity contribution in [2.24, 2.45) is 5.92 Å². The lowest BCUT2D eigenvalue weighted by atomic mass is 10.00. The van der Waals surface area contributed by atoms with Gasteiger partial charge in [0.15, 0.2) is 153 Å². The molecular formula is C88H114Cl4F4N20O20P4. The van der Waals surface area contributed by atoms with Crippen LogP contribution >= 0.6 is 71.8 Å². The van der Waals surface area contributed by atoms with E-state index >= 15 is 4.39 Å². The van der Waals surface area contributed by atoms with Crippen molar-refractivity contribution < 1.29 is 115 Å². The Labute approximate surface area is 820 Å². The van der Waals surface area contributed by atoms with Gasteiger partial charge in [-0.05, 0) is 126 Å². The molecule has 40 nitrogen and oxygen atoms in total. The molecule has 3 aromatic carbocycles. The number of rotatable bonds is 29. The van der Waals surface area contributed by atoms with E-state index in [1.54, 1.807) is 59.2 Å². The summed E-state index contributed by atoms with van der Waals surface area (Å²) >= 11 is 20.0. The van der Waals surface area contributed by atoms with Gasteiger partial charge in [-0.15, -0.1) is 0 Å². The van der Waals surface area contributed by atoms with E-state index in [2.05, 4.69) is 81.1 Å². The SMILES string of the molecule is C.CC[C@H]1O[C@@H](n2cnc3c(NC4CCCC4)nc(C(O)c4ccccc4)nc32)[C@@H](F)[C@@H]1O.CC[C@H]1O[C@@H](n2cnc3c(NC4CCCC4)nc(C=O)nc32)[C@@H](F)[C@@H]1C.O=P(Cl)(Cl)CP(=O)(Cl)Cl.O=P(O)(O)CP(=O)(O)OC[C@H]1O[C@@H](n2cnc3c(NC4CCCC4)nc(C(O)c4ccccc4)nc32)[C@@H](F)[C@@H]1O.OC[C@H]1O[C@@H](n2cnc3c(NC4CCCC4)nc(C(O)c4ccccc4)nc32)[C@@H](F)[C@@H]1O. The fourth-order valence-corrected chi connectivity index (χ4v) is 29.8. The number of nitrogens with one attached hydrogen (secondary N) is 4. The standard InChI is InChI=1S/C23H30FN5O9P2.C23H28FN5O3.C22H26FN5O4.C18H24FN5O2.CH2Cl4O2P2.CH4/c24-16-19(31)15(10-37-40(35,36)12-39(32,33)34)38-23(16)29-11-25-17-20(26-14-8-4-5-9-14)27-21(28-22(17)29)18(30)13-6-2-1-3-7-13;1-2-15-19(31)16(24)23(32-15)29-12-25-17-20(26-14-10-6-7-11-14)27-21(28-22(17)29)18(30)13-8-4-3-5-9-13;23-15-18(31)14(10-29)32-22(15)28-11-24-16-19(25-13-8-4-5-9-13)26-20(27-21(16)28)17(30)12-6-2-1-3-7-12;1-3-12-10(2)14(19)18(26-12)24-9-20-15-16(21-11-6-4-5-7-11)22-13(8-25)23-17(15)24;2-8(3,6)1-9(4,5)7;/h1-3,6-7,11,14-16,18-19,23,30-31H,4-5,8-10,12H2,(H,35,36)(H,26,27,28)(H2,32,33,34);3-5,8-9,12,14-16,18-19,23,30-31H,2,6-7,10-11H2,1H3,(H,26,27,28);1-3,6-7,11,13-15,17-18,22,29-31H,4-5,8-10H2,(H,25,26,27);8-12,14,18H,3-7H2,1-2H3,(H,21,22,23);1H2;1H4/t2*15-,16+,18?,19-,23-;14-,15+,17?,18-,22-;10-,12-,14+,18-;;/m1111../s1. The van der Waals surface area contributed by atoms with E-state index in [9.17, 15) is 76.9 Å². The summed E-state index contributed by atoms with van der Waals surface area (Å²) in [4.78, 5) is 92.4. The molecule has 4 saturated heterocycles. The molecule has 0 radical (unpaired) electrons. The van der Waals surface area contributed by atoms with Crippen molar-refractivity contribution >= 4 is 146 Å². The Bertz CT molecular complexity index is 6010. The summed E-state index contributed by atoms with van der Waals surface area (Å²) in [5.74, 6) is -6.58. The number of fused-ring (bicyclic) bond motifs is 4. The number of aliphatic hydroxyl groups excluding tert-OH is 7. The Morgan fingerprint density at radius 3 is 1.01 bits per heavy atom. The number of benzene rings is 3. The lowest BCUT2D eigenvalue weighted by molar-refractivity contribution is -0.0459. The average Bonchev–Trinajstić information content (AvgIpc) is 1.62. The van der Waals surface area contributed by atoms with Gasteiger partial charge in [0.25, 0.3) is 11.7 Å². The van der Waals surface area contributed by atoms with Crippen molar-refractivity contribution in [1.82, 2.24) is 78.1 Å². The highest BCUT2D eigenvalue weighted by atomic mass is 35.9. The summed E-state index contributed by atoms with van der Waals surface area (Å²) in [5.41, 5.74) is 4.78. The van der Waals surface area contributed by atoms with Crippen molar-refractivity contribution in [1.29, 1.82) is 0 Å². The van der Waals surface area contributed by atoms with Crippen LogP contribution in [0.25, 0.3) is 44.7 Å². The number of aldehydes is 1. The van der Waals surface area contributed by atoms with Crippen LogP contribution in [0.2, 0.25) is 0 Å². The van der Waals surface area contributed by atoms with Crippen LogP contribution in [-0.4, -0.2) is 251 Å². The number of halogens is 8. The van der Waals surface area contributed by atoms with Crippen LogP contribution in [0, 0.1) is 5.92 Å². The van der Waals surface area contributed by atoms with Crippen LogP contribution in [0.3, 0.4) is 0 Å². The third-order valence-corrected chi connectivity index (χ3v) is 35.4. The summed E-state index contributed by atoms with van der Waals surface area (Å²) in [6, 6.07) is 27.9. The number of hydrogen-bond acceptors (Lipinski definition) is 33. The smallest absolute Gasteiger partial charge is 0.340 e. The summed E-state index contributed by atoms with van der Waals surface area (Å²) in [6.07, 6.45) is 2.42. The number of ether oxygens (including phenoxy) is 4. The van der Waals surface area contributed by atoms with Gasteiger partial charge < -0.3 is 95.2 Å². The molecule has 14 N–H and O–H groups in total. The topological polar surface area (TPSA) is 556 Å². The number of anilines is 4. The number of aliphatic hydroxyl groups is 7. The van der Waals surface area contributed by atoms with E-state index in [0.717, 1.165) is 96.3 Å². The third-order valence-electron chi connectivity index (χ3n) is 25.5. The maximum Gasteiger partial charge on any atom is 0.340 e. The molecule has 8 fully saturated rings. The number of nitrogens with zero attached hydrogens (tertiary/aromatic N) is 16. The van der Waals surface area contributed by atoms with Gasteiger partial charge in [-0.25, -0.2) is 77.4 Å². The van der Waals surface area contributed by atoms with Gasteiger partial charge >= 0.3 is 15.2 Å². The average molecular weight is 2110 g/mol. The van der Waals surface area contributed by atoms with Crippen LogP contribution < -0.4 is 21.3 Å². The van der Waals surface area contributed by atoms with Gasteiger partial charge in [0.05, 0.1) is 50.7 Å². The van der Waals surface area contributed by atoms with Crippen molar-refractivity contribution in [3.8, 4) is 0 Å². The fourth-order valence-electron chi connectivity index (χ4n) is 18.3. The zero-order valence-electron chi connectivity index (χ0n) is 75.4. The Hall–Kier alpha value is -8.07. The Kier molecular flexibility index (Phi) is 36.1. The van der Waals surface area contributed by atoms with Gasteiger partial charge in [0.1, 0.15) is 54.7 Å². The van der Waals surface area contributed by atoms with Crippen LogP contribution in [-0.2, 0) is 41.7 Å². The normalized spacial score (nSPS) is 26.3. The van der Waals surface area contributed by atoms with Gasteiger partial charge in [-0.3, -0.25) is 41.3 Å². The summed E-state index contributed by atoms with van der Waals surface area (Å²) in [7, 11) is -9.63. The first-order chi connectivity index (χ1) is 66.4. The summed E-state index contributed by atoms with van der Waals surface area (Å²) < 4.78 is 137. The van der Waals surface area contributed by atoms with Gasteiger partial charge in [0.2, 0.25) is 0 Å². The summed E-state index contributed by atoms with van der Waals surface area (Å²) in [6.45, 7) is 4.37. The van der Waals surface area contributed by atoms with Crippen molar-refractivity contribution in [2.75, 3.05) is 46.3 Å². The monoisotopic (exact) mass is 2110 g/mol. The molecule has 8 aromatic heterocycles. The van der Waals surface area contributed by atoms with E-state index in [-0.39, 0.29) is 72.2 Å². The molecule has 140 heavy (non-hydrogen) atoms. The zero-order chi connectivity index (χ0) is 99.1. The molecule has 19 rings (SSSR count). The molecule has 12 heterocycles. The molecule has 4 unspecified atom stereocenters. The van der Waals surface area contributed by atoms with Gasteiger partial charge in [-0.1, -0.05) is 171 Å². The molecule has 8 aliphatic rings. The first kappa shape index (κ1) is 108. The highest BCUT2D eigenvalue weighted by Gasteiger charge is 2.51. The minimum absolute atomic E-state index is 0. The van der Waals surface area contributed by atoms with E-state index in [1.807, 2.05) is 57.2 Å². The molecule has 0 spiro atoms. The molecule has 20 atom stereocenters. The predicted molar refractivity (Wildman–Crippen MR) is 515 cm³/mol. The van der Waals surface area contributed by atoms with E-state index < -0.39 is 156 Å². The second-order valence-electron chi connectivity index (χ2n) is 35.5. The minimum Gasteiger partial charge on any atom is -0.394 e. The first-order valence-corrected chi connectivity index (χ1v) is 56.8. The van der Waals surface area contributed by atoms with E-state index in [0.29, 0.717) is 92.1 Å². The molecule has 762 valence electrons. The second-order valence-corrected chi connectivity index (χ2v) is 50.5. The molecular weight excluding hydrogens is 2000 g/mol. The van der Waals surface area contributed by atoms with Gasteiger partial charge in [-0.2, -0.15) is 0 Å². The number of imidazole rings is 4. The number of carbonyl (C=O) groups excluding carboxylic acids is 1. The number of aromatic nitrogens is 16. The molecule has 11 aromatic rings. The fraction of sp³-hybridized carbons (Fsp3) is 0.557. The number of alkyl halides is 4. The molecule has 0 bridgehead atoms. The maximum atomic E-state index is 15.3. The quantitative estimate of drug-likeness (QED) is 0.0118. The van der Waals surface area contributed by atoms with E-state index in [1.165, 1.54) is 51.9 Å². The first-order valence-electron chi connectivity index (χ1n) is 45.9. The lowest BCUT2D eigenvalue weighted by Gasteiger charge is -2.19. The Balaban J connectivity index is 0.000000145. The summed E-state index contributed by atoms with van der Waals surface area (Å²) in [5, 5.41) is 86.7. The van der Waals surface area contributed by atoms with Crippen molar-refractivity contribution in [2.45, 2.75) is 279 Å². The van der Waals surface area contributed by atoms with Crippen molar-refractivity contribution in [3.63, 3.8) is 0 Å². The third kappa shape index (κ3) is 25.7. The second kappa shape index (κ2) is 47.0. The van der Waals surface area contributed by atoms with Crippen LogP contribution in [0.15, 0.2) is 116 Å². The highest BCUT2D eigenvalue weighted by Crippen LogP contribution is 2.72. The van der Waals surface area contributed by atoms with Crippen LogP contribution in [0.5, 0.6) is 0 Å². The number of hydrogen-bond donors (Lipinski definition) is 14. The predicted octanol–water partition coefficient (Wildman–Crippen LogP) is 15.5. The Morgan fingerprint density at radius 2 is 0.729 bits per heavy atom. The van der Waals surface area contributed by atoms with Crippen LogP contribution in [0.4, 0.5) is 40.8 Å². The van der Waals surface area contributed by atoms with Gasteiger partial charge in [0, 0.05) is 30.1 Å². The molecule has 52 heteroatoms. The molecule has 4 aliphatic heterocycles.